The normalized spacial score (nSPS) is 11.5. The van der Waals surface area contributed by atoms with E-state index < -0.39 is 11.9 Å². The molecule has 1 atom stereocenters. The Labute approximate surface area is 105 Å². The number of carbonyl (C=O) groups excluding carboxylic acids is 1. The Morgan fingerprint density at radius 3 is 2.82 bits per heavy atom. The Bertz CT molecular complexity index is 363. The van der Waals surface area contributed by atoms with Gasteiger partial charge in [0.15, 0.2) is 0 Å². The van der Waals surface area contributed by atoms with Gasteiger partial charge in [0.1, 0.15) is 5.82 Å². The van der Waals surface area contributed by atoms with Gasteiger partial charge in [-0.05, 0) is 17.7 Å². The summed E-state index contributed by atoms with van der Waals surface area (Å²) in [6.07, 6.45) is -0.687. The number of halogens is 2. The van der Waals surface area contributed by atoms with Crippen LogP contribution in [0.1, 0.15) is 18.1 Å². The topological polar surface area (TPSA) is 75.4 Å². The van der Waals surface area contributed by atoms with Crippen LogP contribution in [0.5, 0.6) is 0 Å². The Morgan fingerprint density at radius 1 is 1.53 bits per heavy atom. The second-order valence-electron chi connectivity index (χ2n) is 3.41. The Balaban J connectivity index is 0.00000256. The first kappa shape index (κ1) is 15.8. The Morgan fingerprint density at radius 2 is 2.24 bits per heavy atom. The SMILES string of the molecule is Cl.NCCC(=O)NCC(O)c1cccc(F)c1. The van der Waals surface area contributed by atoms with Crippen molar-refractivity contribution >= 4 is 18.3 Å². The molecule has 0 radical (unpaired) electrons. The molecule has 1 aromatic carbocycles. The maximum Gasteiger partial charge on any atom is 0.221 e. The number of amides is 1. The zero-order valence-corrected chi connectivity index (χ0v) is 10.0. The van der Waals surface area contributed by atoms with E-state index in [1.54, 1.807) is 6.07 Å². The second kappa shape index (κ2) is 8.00. The van der Waals surface area contributed by atoms with Crippen LogP contribution in [0.25, 0.3) is 0 Å². The lowest BCUT2D eigenvalue weighted by Gasteiger charge is -2.12. The molecule has 0 fully saturated rings. The third-order valence-electron chi connectivity index (χ3n) is 2.10. The number of carbonyl (C=O) groups is 1. The van der Waals surface area contributed by atoms with Crippen molar-refractivity contribution in [2.45, 2.75) is 12.5 Å². The molecular weight excluding hydrogens is 247 g/mol. The summed E-state index contributed by atoms with van der Waals surface area (Å²) < 4.78 is 12.8. The fourth-order valence-electron chi connectivity index (χ4n) is 1.26. The molecule has 1 aromatic rings. The molecule has 1 unspecified atom stereocenters. The summed E-state index contributed by atoms with van der Waals surface area (Å²) in [5.74, 6) is -0.636. The van der Waals surface area contributed by atoms with Gasteiger partial charge >= 0.3 is 0 Å². The van der Waals surface area contributed by atoms with Crippen LogP contribution in [0.2, 0.25) is 0 Å². The Hall–Kier alpha value is -1.17. The summed E-state index contributed by atoms with van der Waals surface area (Å²) in [5, 5.41) is 12.2. The maximum atomic E-state index is 12.8. The molecule has 0 bridgehead atoms. The van der Waals surface area contributed by atoms with Crippen molar-refractivity contribution in [3.63, 3.8) is 0 Å². The molecule has 0 aromatic heterocycles. The highest BCUT2D eigenvalue weighted by molar-refractivity contribution is 5.85. The molecule has 4 N–H and O–H groups in total. The molecule has 0 aliphatic rings. The first-order valence-corrected chi connectivity index (χ1v) is 5.03. The standard InChI is InChI=1S/C11H15FN2O2.ClH/c12-9-3-1-2-8(6-9)10(15)7-14-11(16)4-5-13;/h1-3,6,10,15H,4-5,7,13H2,(H,14,16);1H. The number of nitrogens with two attached hydrogens (primary N) is 1. The van der Waals surface area contributed by atoms with Gasteiger partial charge < -0.3 is 16.2 Å². The van der Waals surface area contributed by atoms with E-state index in [9.17, 15) is 14.3 Å². The van der Waals surface area contributed by atoms with Gasteiger partial charge in [0.2, 0.25) is 5.91 Å². The van der Waals surface area contributed by atoms with E-state index in [0.717, 1.165) is 0 Å². The lowest BCUT2D eigenvalue weighted by molar-refractivity contribution is -0.121. The fraction of sp³-hybridized carbons (Fsp3) is 0.364. The zero-order valence-electron chi connectivity index (χ0n) is 9.23. The first-order chi connectivity index (χ1) is 7.63. The second-order valence-corrected chi connectivity index (χ2v) is 3.41. The minimum absolute atomic E-state index is 0. The summed E-state index contributed by atoms with van der Waals surface area (Å²) in [6.45, 7) is 0.324. The number of hydrogen-bond donors (Lipinski definition) is 3. The number of nitrogens with one attached hydrogen (secondary N) is 1. The third kappa shape index (κ3) is 5.63. The van der Waals surface area contributed by atoms with Gasteiger partial charge in [-0.1, -0.05) is 12.1 Å². The molecular formula is C11H16ClFN2O2. The van der Waals surface area contributed by atoms with Gasteiger partial charge in [-0.3, -0.25) is 4.79 Å². The van der Waals surface area contributed by atoms with E-state index in [1.165, 1.54) is 18.2 Å². The highest BCUT2D eigenvalue weighted by Crippen LogP contribution is 2.12. The van der Waals surface area contributed by atoms with E-state index in [-0.39, 0.29) is 37.8 Å². The third-order valence-corrected chi connectivity index (χ3v) is 2.10. The van der Waals surface area contributed by atoms with Crippen molar-refractivity contribution in [3.8, 4) is 0 Å². The van der Waals surface area contributed by atoms with E-state index in [1.807, 2.05) is 0 Å². The molecule has 0 saturated carbocycles. The van der Waals surface area contributed by atoms with Crippen molar-refractivity contribution in [2.24, 2.45) is 5.73 Å². The van der Waals surface area contributed by atoms with E-state index in [2.05, 4.69) is 5.32 Å². The summed E-state index contributed by atoms with van der Waals surface area (Å²) >= 11 is 0. The van der Waals surface area contributed by atoms with Crippen LogP contribution in [-0.4, -0.2) is 24.1 Å². The van der Waals surface area contributed by atoms with Crippen molar-refractivity contribution < 1.29 is 14.3 Å². The van der Waals surface area contributed by atoms with Crippen LogP contribution in [0.15, 0.2) is 24.3 Å². The highest BCUT2D eigenvalue weighted by Gasteiger charge is 2.09. The molecule has 96 valence electrons. The number of rotatable bonds is 5. The highest BCUT2D eigenvalue weighted by atomic mass is 35.5. The quantitative estimate of drug-likeness (QED) is 0.733. The number of aliphatic hydroxyl groups excluding tert-OH is 1. The molecule has 1 amide bonds. The molecule has 1 rings (SSSR count). The van der Waals surface area contributed by atoms with Gasteiger partial charge in [0.25, 0.3) is 0 Å². The average Bonchev–Trinajstić information content (AvgIpc) is 2.26. The predicted molar refractivity (Wildman–Crippen MR) is 65.3 cm³/mol. The maximum absolute atomic E-state index is 12.8. The van der Waals surface area contributed by atoms with Crippen LogP contribution in [0.4, 0.5) is 4.39 Å². The molecule has 4 nitrogen and oxygen atoms in total. The first-order valence-electron chi connectivity index (χ1n) is 5.03. The van der Waals surface area contributed by atoms with Crippen molar-refractivity contribution in [1.82, 2.24) is 5.32 Å². The molecule has 0 spiro atoms. The van der Waals surface area contributed by atoms with Gasteiger partial charge in [-0.25, -0.2) is 4.39 Å². The lowest BCUT2D eigenvalue weighted by Crippen LogP contribution is -2.29. The smallest absolute Gasteiger partial charge is 0.221 e. The van der Waals surface area contributed by atoms with Gasteiger partial charge in [0, 0.05) is 19.5 Å². The monoisotopic (exact) mass is 262 g/mol. The zero-order chi connectivity index (χ0) is 12.0. The summed E-state index contributed by atoms with van der Waals surface area (Å²) in [4.78, 5) is 11.1. The fourth-order valence-corrected chi connectivity index (χ4v) is 1.26. The summed E-state index contributed by atoms with van der Waals surface area (Å²) in [5.41, 5.74) is 5.63. The van der Waals surface area contributed by atoms with E-state index in [4.69, 9.17) is 5.73 Å². The van der Waals surface area contributed by atoms with Gasteiger partial charge in [-0.15, -0.1) is 12.4 Å². The number of hydrogen-bond acceptors (Lipinski definition) is 3. The van der Waals surface area contributed by atoms with Gasteiger partial charge in [-0.2, -0.15) is 0 Å². The van der Waals surface area contributed by atoms with Crippen molar-refractivity contribution in [1.29, 1.82) is 0 Å². The van der Waals surface area contributed by atoms with Crippen LogP contribution in [-0.2, 0) is 4.79 Å². The van der Waals surface area contributed by atoms with Crippen molar-refractivity contribution in [2.75, 3.05) is 13.1 Å². The van der Waals surface area contributed by atoms with E-state index in [0.29, 0.717) is 5.56 Å². The lowest BCUT2D eigenvalue weighted by atomic mass is 10.1. The molecule has 0 aliphatic heterocycles. The average molecular weight is 263 g/mol. The summed E-state index contributed by atoms with van der Waals surface area (Å²) in [6, 6.07) is 5.64. The van der Waals surface area contributed by atoms with Gasteiger partial charge in [0.05, 0.1) is 6.10 Å². The van der Waals surface area contributed by atoms with Crippen LogP contribution < -0.4 is 11.1 Å². The largest absolute Gasteiger partial charge is 0.387 e. The number of benzene rings is 1. The van der Waals surface area contributed by atoms with Crippen LogP contribution >= 0.6 is 12.4 Å². The molecule has 6 heteroatoms. The minimum atomic E-state index is -0.905. The van der Waals surface area contributed by atoms with Crippen LogP contribution in [0, 0.1) is 5.82 Å². The molecule has 17 heavy (non-hydrogen) atoms. The molecule has 0 saturated heterocycles. The Kier molecular flexibility index (Phi) is 7.45. The molecule has 0 aliphatic carbocycles. The summed E-state index contributed by atoms with van der Waals surface area (Å²) in [7, 11) is 0. The number of aliphatic hydroxyl groups is 1. The predicted octanol–water partition coefficient (Wildman–Crippen LogP) is 0.746. The molecule has 0 heterocycles. The minimum Gasteiger partial charge on any atom is -0.387 e. The van der Waals surface area contributed by atoms with Crippen molar-refractivity contribution in [3.05, 3.63) is 35.6 Å². The van der Waals surface area contributed by atoms with Crippen LogP contribution in [0.3, 0.4) is 0 Å². The van der Waals surface area contributed by atoms with E-state index >= 15 is 0 Å².